The van der Waals surface area contributed by atoms with Crippen molar-refractivity contribution in [1.29, 1.82) is 0 Å². The summed E-state index contributed by atoms with van der Waals surface area (Å²) in [5.41, 5.74) is 5.27. The molecule has 0 aromatic heterocycles. The maximum atomic E-state index is 12.3. The molecule has 0 bridgehead atoms. The number of aliphatic hydroxyl groups excluding tert-OH is 1. The zero-order valence-electron chi connectivity index (χ0n) is 14.6. The van der Waals surface area contributed by atoms with Gasteiger partial charge in [-0.2, -0.15) is 0 Å². The quantitative estimate of drug-likeness (QED) is 0.754. The number of anilines is 1. The van der Waals surface area contributed by atoms with Crippen LogP contribution in [0.4, 0.5) is 10.5 Å². The number of aryl methyl sites for hydroxylation is 3. The van der Waals surface area contributed by atoms with E-state index in [0.29, 0.717) is 13.0 Å². The second-order valence-electron chi connectivity index (χ2n) is 6.23. The Balaban J connectivity index is 1.99. The summed E-state index contributed by atoms with van der Waals surface area (Å²) < 4.78 is 0. The molecule has 4 nitrogen and oxygen atoms in total. The van der Waals surface area contributed by atoms with Gasteiger partial charge in [0.2, 0.25) is 0 Å². The lowest BCUT2D eigenvalue weighted by Crippen LogP contribution is -2.33. The Hall–Kier alpha value is -2.33. The van der Waals surface area contributed by atoms with E-state index in [0.717, 1.165) is 22.4 Å². The fourth-order valence-corrected chi connectivity index (χ4v) is 3.02. The summed E-state index contributed by atoms with van der Waals surface area (Å²) in [4.78, 5) is 12.3. The normalized spacial score (nSPS) is 11.8. The Morgan fingerprint density at radius 3 is 2.29 bits per heavy atom. The number of aliphatic hydroxyl groups is 1. The summed E-state index contributed by atoms with van der Waals surface area (Å²) in [5, 5.41) is 15.1. The minimum Gasteiger partial charge on any atom is -0.396 e. The summed E-state index contributed by atoms with van der Waals surface area (Å²) in [5.74, 6) is 0.0992. The van der Waals surface area contributed by atoms with Crippen LogP contribution in [0.3, 0.4) is 0 Å². The number of carbonyl (C=O) groups is 1. The predicted molar refractivity (Wildman–Crippen MR) is 98.6 cm³/mol. The van der Waals surface area contributed by atoms with Crippen molar-refractivity contribution in [3.8, 4) is 0 Å². The van der Waals surface area contributed by atoms with Crippen molar-refractivity contribution in [2.24, 2.45) is 0 Å². The van der Waals surface area contributed by atoms with Crippen molar-refractivity contribution >= 4 is 11.7 Å². The van der Waals surface area contributed by atoms with Crippen LogP contribution in [0, 0.1) is 20.8 Å². The number of benzene rings is 2. The van der Waals surface area contributed by atoms with Gasteiger partial charge >= 0.3 is 6.03 Å². The Morgan fingerprint density at radius 1 is 1.08 bits per heavy atom. The number of carbonyl (C=O) groups excluding carboxylic acids is 1. The molecule has 0 aliphatic rings. The number of amides is 2. The molecule has 1 unspecified atom stereocenters. The lowest BCUT2D eigenvalue weighted by Gasteiger charge is -2.18. The lowest BCUT2D eigenvalue weighted by molar-refractivity contribution is 0.248. The topological polar surface area (TPSA) is 61.4 Å². The Kier molecular flexibility index (Phi) is 6.38. The molecular weight excluding hydrogens is 300 g/mol. The summed E-state index contributed by atoms with van der Waals surface area (Å²) in [6, 6.07) is 13.8. The highest BCUT2D eigenvalue weighted by Gasteiger charge is 2.13. The summed E-state index contributed by atoms with van der Waals surface area (Å²) in [6.07, 6.45) is 0.618. The Bertz CT molecular complexity index is 660. The average molecular weight is 326 g/mol. The minimum atomic E-state index is -0.219. The third-order valence-corrected chi connectivity index (χ3v) is 4.17. The molecule has 0 aliphatic carbocycles. The fourth-order valence-electron chi connectivity index (χ4n) is 3.02. The van der Waals surface area contributed by atoms with Crippen LogP contribution in [-0.4, -0.2) is 24.3 Å². The van der Waals surface area contributed by atoms with E-state index < -0.39 is 0 Å². The second-order valence-corrected chi connectivity index (χ2v) is 6.23. The summed E-state index contributed by atoms with van der Waals surface area (Å²) in [7, 11) is 0. The maximum absolute atomic E-state index is 12.3. The molecule has 2 amide bonds. The molecule has 0 aliphatic heterocycles. The molecule has 1 atom stereocenters. The first kappa shape index (κ1) is 18.0. The molecule has 0 saturated heterocycles. The minimum absolute atomic E-state index is 0.0963. The maximum Gasteiger partial charge on any atom is 0.319 e. The van der Waals surface area contributed by atoms with E-state index in [4.69, 9.17) is 0 Å². The molecule has 2 aromatic rings. The Labute approximate surface area is 143 Å². The second kappa shape index (κ2) is 8.50. The van der Waals surface area contributed by atoms with E-state index in [-0.39, 0.29) is 18.6 Å². The van der Waals surface area contributed by atoms with Crippen molar-refractivity contribution in [3.05, 3.63) is 64.7 Å². The molecule has 128 valence electrons. The van der Waals surface area contributed by atoms with Crippen molar-refractivity contribution in [1.82, 2.24) is 5.32 Å². The largest absolute Gasteiger partial charge is 0.396 e. The van der Waals surface area contributed by atoms with Gasteiger partial charge in [0.15, 0.2) is 0 Å². The molecule has 3 N–H and O–H groups in total. The molecule has 0 spiro atoms. The third kappa shape index (κ3) is 4.83. The highest BCUT2D eigenvalue weighted by atomic mass is 16.3. The number of rotatable bonds is 6. The third-order valence-electron chi connectivity index (χ3n) is 4.17. The molecule has 2 aromatic carbocycles. The van der Waals surface area contributed by atoms with Gasteiger partial charge in [0, 0.05) is 24.8 Å². The standard InChI is InChI=1S/C20H26N2O2/c1-14-11-15(2)19(16(3)12-14)22-20(24)21-13-18(9-10-23)17-7-5-4-6-8-17/h4-8,11-12,18,23H,9-10,13H2,1-3H3,(H2,21,22,24). The lowest BCUT2D eigenvalue weighted by atomic mass is 9.96. The number of nitrogens with one attached hydrogen (secondary N) is 2. The van der Waals surface area contributed by atoms with Gasteiger partial charge < -0.3 is 15.7 Å². The SMILES string of the molecule is Cc1cc(C)c(NC(=O)NCC(CCO)c2ccccc2)c(C)c1. The molecule has 24 heavy (non-hydrogen) atoms. The predicted octanol–water partition coefficient (Wildman–Crippen LogP) is 3.90. The first-order chi connectivity index (χ1) is 11.5. The first-order valence-corrected chi connectivity index (χ1v) is 8.29. The molecule has 0 heterocycles. The van der Waals surface area contributed by atoms with Crippen LogP contribution >= 0.6 is 0 Å². The van der Waals surface area contributed by atoms with Gasteiger partial charge in [0.25, 0.3) is 0 Å². The van der Waals surface area contributed by atoms with Crippen molar-refractivity contribution in [2.75, 3.05) is 18.5 Å². The van der Waals surface area contributed by atoms with Gasteiger partial charge in [-0.05, 0) is 43.9 Å². The number of urea groups is 1. The van der Waals surface area contributed by atoms with Crippen LogP contribution < -0.4 is 10.6 Å². The highest BCUT2D eigenvalue weighted by Crippen LogP contribution is 2.22. The molecule has 0 fully saturated rings. The van der Waals surface area contributed by atoms with Gasteiger partial charge in [-0.3, -0.25) is 0 Å². The van der Waals surface area contributed by atoms with E-state index >= 15 is 0 Å². The monoisotopic (exact) mass is 326 g/mol. The molecule has 2 rings (SSSR count). The van der Waals surface area contributed by atoms with Crippen LogP contribution in [0.5, 0.6) is 0 Å². The van der Waals surface area contributed by atoms with Crippen LogP contribution in [0.15, 0.2) is 42.5 Å². The van der Waals surface area contributed by atoms with E-state index in [1.54, 1.807) is 0 Å². The zero-order valence-corrected chi connectivity index (χ0v) is 14.6. The van der Waals surface area contributed by atoms with Gasteiger partial charge in [-0.1, -0.05) is 48.0 Å². The van der Waals surface area contributed by atoms with Crippen LogP contribution in [0.1, 0.15) is 34.6 Å². The smallest absolute Gasteiger partial charge is 0.319 e. The van der Waals surface area contributed by atoms with Crippen molar-refractivity contribution in [2.45, 2.75) is 33.1 Å². The van der Waals surface area contributed by atoms with Crippen LogP contribution in [-0.2, 0) is 0 Å². The molecule has 0 saturated carbocycles. The van der Waals surface area contributed by atoms with Gasteiger partial charge in [0.1, 0.15) is 0 Å². The van der Waals surface area contributed by atoms with E-state index in [9.17, 15) is 9.90 Å². The molecular formula is C20H26N2O2. The molecule has 4 heteroatoms. The fraction of sp³-hybridized carbons (Fsp3) is 0.350. The van der Waals surface area contributed by atoms with E-state index in [1.165, 1.54) is 5.56 Å². The van der Waals surface area contributed by atoms with Gasteiger partial charge in [0.05, 0.1) is 0 Å². The van der Waals surface area contributed by atoms with E-state index in [2.05, 4.69) is 22.8 Å². The first-order valence-electron chi connectivity index (χ1n) is 8.29. The Morgan fingerprint density at radius 2 is 1.71 bits per heavy atom. The zero-order chi connectivity index (χ0) is 17.5. The summed E-state index contributed by atoms with van der Waals surface area (Å²) in [6.45, 7) is 6.62. The van der Waals surface area contributed by atoms with Gasteiger partial charge in [-0.25, -0.2) is 4.79 Å². The number of hydrogen-bond donors (Lipinski definition) is 3. The highest BCUT2D eigenvalue weighted by molar-refractivity contribution is 5.91. The average Bonchev–Trinajstić information content (AvgIpc) is 2.55. The van der Waals surface area contributed by atoms with Crippen LogP contribution in [0.25, 0.3) is 0 Å². The summed E-state index contributed by atoms with van der Waals surface area (Å²) >= 11 is 0. The van der Waals surface area contributed by atoms with Gasteiger partial charge in [-0.15, -0.1) is 0 Å². The van der Waals surface area contributed by atoms with Crippen molar-refractivity contribution in [3.63, 3.8) is 0 Å². The van der Waals surface area contributed by atoms with E-state index in [1.807, 2.05) is 51.1 Å². The number of hydrogen-bond acceptors (Lipinski definition) is 2. The van der Waals surface area contributed by atoms with Crippen LogP contribution in [0.2, 0.25) is 0 Å². The van der Waals surface area contributed by atoms with Crippen molar-refractivity contribution < 1.29 is 9.90 Å². The molecule has 0 radical (unpaired) electrons.